The van der Waals surface area contributed by atoms with E-state index in [-0.39, 0.29) is 11.9 Å². The summed E-state index contributed by atoms with van der Waals surface area (Å²) in [6.45, 7) is 2.18. The number of halogens is 1. The van der Waals surface area contributed by atoms with E-state index in [0.717, 1.165) is 18.4 Å². The fourth-order valence-electron chi connectivity index (χ4n) is 2.52. The maximum absolute atomic E-state index is 13.8. The molecule has 20 heavy (non-hydrogen) atoms. The molecule has 2 aromatic rings. The van der Waals surface area contributed by atoms with Gasteiger partial charge in [-0.2, -0.15) is 0 Å². The van der Waals surface area contributed by atoms with Gasteiger partial charge in [0.1, 0.15) is 5.82 Å². The zero-order valence-corrected chi connectivity index (χ0v) is 12.2. The van der Waals surface area contributed by atoms with Crippen LogP contribution in [0.5, 0.6) is 0 Å². The smallest absolute Gasteiger partial charge is 0.126 e. The second-order valence-corrected chi connectivity index (χ2v) is 5.13. The maximum Gasteiger partial charge on any atom is 0.126 e. The van der Waals surface area contributed by atoms with Gasteiger partial charge in [-0.1, -0.05) is 55.8 Å². The molecule has 1 unspecified atom stereocenters. The predicted octanol–water partition coefficient (Wildman–Crippen LogP) is 4.28. The summed E-state index contributed by atoms with van der Waals surface area (Å²) in [6.07, 6.45) is 2.89. The molecule has 0 saturated carbocycles. The lowest BCUT2D eigenvalue weighted by Crippen LogP contribution is -2.19. The Kier molecular flexibility index (Phi) is 5.31. The first-order chi connectivity index (χ1) is 9.74. The molecule has 1 nitrogen and oxygen atoms in total. The zero-order chi connectivity index (χ0) is 14.4. The first-order valence-corrected chi connectivity index (χ1v) is 7.24. The van der Waals surface area contributed by atoms with E-state index in [9.17, 15) is 4.39 Å². The largest absolute Gasteiger partial charge is 0.313 e. The third-order valence-corrected chi connectivity index (χ3v) is 3.62. The maximum atomic E-state index is 13.8. The third kappa shape index (κ3) is 3.67. The van der Waals surface area contributed by atoms with Crippen LogP contribution in [0.4, 0.5) is 4.39 Å². The van der Waals surface area contributed by atoms with Crippen LogP contribution in [0.15, 0.2) is 48.5 Å². The van der Waals surface area contributed by atoms with E-state index in [0.29, 0.717) is 6.42 Å². The molecule has 1 atom stereocenters. The average molecular weight is 271 g/mol. The van der Waals surface area contributed by atoms with E-state index in [1.54, 1.807) is 6.07 Å². The highest BCUT2D eigenvalue weighted by Crippen LogP contribution is 2.21. The van der Waals surface area contributed by atoms with E-state index in [1.807, 2.05) is 19.2 Å². The van der Waals surface area contributed by atoms with Gasteiger partial charge in [0, 0.05) is 6.04 Å². The van der Waals surface area contributed by atoms with E-state index in [1.165, 1.54) is 17.2 Å². The second kappa shape index (κ2) is 7.20. The number of aryl methyl sites for hydroxylation is 1. The minimum Gasteiger partial charge on any atom is -0.313 e. The first kappa shape index (κ1) is 14.7. The number of nitrogens with one attached hydrogen (secondary N) is 1. The van der Waals surface area contributed by atoms with Crippen molar-refractivity contribution in [2.75, 3.05) is 7.05 Å². The Balaban J connectivity index is 2.20. The highest BCUT2D eigenvalue weighted by atomic mass is 19.1. The van der Waals surface area contributed by atoms with Crippen LogP contribution in [-0.4, -0.2) is 7.05 Å². The van der Waals surface area contributed by atoms with E-state index < -0.39 is 0 Å². The summed E-state index contributed by atoms with van der Waals surface area (Å²) in [5.74, 6) is -0.127. The average Bonchev–Trinajstić information content (AvgIpc) is 2.47. The summed E-state index contributed by atoms with van der Waals surface area (Å²) in [5, 5.41) is 3.30. The number of benzene rings is 2. The SMILES string of the molecule is CCCc1cccc(C(Cc2ccccc2F)NC)c1. The molecule has 2 heteroatoms. The molecule has 0 aliphatic rings. The molecule has 0 aliphatic carbocycles. The molecule has 0 heterocycles. The Morgan fingerprint density at radius 2 is 1.90 bits per heavy atom. The molecular weight excluding hydrogens is 249 g/mol. The van der Waals surface area contributed by atoms with Gasteiger partial charge in [0.05, 0.1) is 0 Å². The topological polar surface area (TPSA) is 12.0 Å². The van der Waals surface area contributed by atoms with E-state index in [2.05, 4.69) is 36.5 Å². The van der Waals surface area contributed by atoms with Crippen molar-refractivity contribution < 1.29 is 4.39 Å². The summed E-state index contributed by atoms with van der Waals surface area (Å²) >= 11 is 0. The van der Waals surface area contributed by atoms with Gasteiger partial charge in [0.15, 0.2) is 0 Å². The fourth-order valence-corrected chi connectivity index (χ4v) is 2.52. The Morgan fingerprint density at radius 3 is 2.60 bits per heavy atom. The Labute approximate surface area is 120 Å². The molecular formula is C18H22FN. The van der Waals surface area contributed by atoms with E-state index in [4.69, 9.17) is 0 Å². The van der Waals surface area contributed by atoms with Crippen molar-refractivity contribution in [3.05, 3.63) is 71.0 Å². The summed E-state index contributed by atoms with van der Waals surface area (Å²) in [6, 6.07) is 15.7. The van der Waals surface area contributed by atoms with Crippen molar-refractivity contribution in [3.63, 3.8) is 0 Å². The highest BCUT2D eigenvalue weighted by Gasteiger charge is 2.12. The lowest BCUT2D eigenvalue weighted by Gasteiger charge is -2.18. The van der Waals surface area contributed by atoms with Crippen LogP contribution in [0.1, 0.15) is 36.1 Å². The molecule has 0 fully saturated rings. The predicted molar refractivity (Wildman–Crippen MR) is 82.3 cm³/mol. The van der Waals surface area contributed by atoms with Crippen molar-refractivity contribution in [2.24, 2.45) is 0 Å². The fraction of sp³-hybridized carbons (Fsp3) is 0.333. The van der Waals surface area contributed by atoms with Gasteiger partial charge in [0.2, 0.25) is 0 Å². The zero-order valence-electron chi connectivity index (χ0n) is 12.2. The number of hydrogen-bond donors (Lipinski definition) is 1. The minimum absolute atomic E-state index is 0.127. The molecule has 0 aromatic heterocycles. The third-order valence-electron chi connectivity index (χ3n) is 3.62. The van der Waals surface area contributed by atoms with Crippen LogP contribution in [0.3, 0.4) is 0 Å². The van der Waals surface area contributed by atoms with Crippen molar-refractivity contribution >= 4 is 0 Å². The molecule has 0 amide bonds. The van der Waals surface area contributed by atoms with Crippen LogP contribution in [0.25, 0.3) is 0 Å². The molecule has 106 valence electrons. The van der Waals surface area contributed by atoms with Crippen molar-refractivity contribution in [2.45, 2.75) is 32.2 Å². The van der Waals surface area contributed by atoms with Crippen LogP contribution >= 0.6 is 0 Å². The molecule has 0 aliphatic heterocycles. The van der Waals surface area contributed by atoms with Gasteiger partial charge in [-0.25, -0.2) is 4.39 Å². The van der Waals surface area contributed by atoms with Gasteiger partial charge >= 0.3 is 0 Å². The monoisotopic (exact) mass is 271 g/mol. The van der Waals surface area contributed by atoms with Crippen molar-refractivity contribution in [1.29, 1.82) is 0 Å². The van der Waals surface area contributed by atoms with Gasteiger partial charge in [-0.3, -0.25) is 0 Å². The van der Waals surface area contributed by atoms with Gasteiger partial charge < -0.3 is 5.32 Å². The first-order valence-electron chi connectivity index (χ1n) is 7.24. The molecule has 0 saturated heterocycles. The molecule has 0 bridgehead atoms. The van der Waals surface area contributed by atoms with E-state index >= 15 is 0 Å². The van der Waals surface area contributed by atoms with Crippen LogP contribution in [0.2, 0.25) is 0 Å². The Morgan fingerprint density at radius 1 is 1.10 bits per heavy atom. The van der Waals surface area contributed by atoms with Crippen LogP contribution in [0, 0.1) is 5.82 Å². The highest BCUT2D eigenvalue weighted by molar-refractivity contribution is 5.28. The second-order valence-electron chi connectivity index (χ2n) is 5.13. The lowest BCUT2D eigenvalue weighted by molar-refractivity contribution is 0.554. The summed E-state index contributed by atoms with van der Waals surface area (Å²) in [5.41, 5.74) is 3.33. The van der Waals surface area contributed by atoms with Gasteiger partial charge in [0.25, 0.3) is 0 Å². The van der Waals surface area contributed by atoms with Gasteiger partial charge in [-0.15, -0.1) is 0 Å². The summed E-state index contributed by atoms with van der Waals surface area (Å²) in [7, 11) is 1.93. The van der Waals surface area contributed by atoms with Gasteiger partial charge in [-0.05, 0) is 42.6 Å². The van der Waals surface area contributed by atoms with Crippen LogP contribution < -0.4 is 5.32 Å². The molecule has 2 rings (SSSR count). The molecule has 0 spiro atoms. The summed E-state index contributed by atoms with van der Waals surface area (Å²) in [4.78, 5) is 0. The Hall–Kier alpha value is -1.67. The Bertz CT molecular complexity index is 551. The standard InChI is InChI=1S/C18H22FN/c1-3-7-14-8-6-10-16(12-14)18(20-2)13-15-9-4-5-11-17(15)19/h4-6,8-12,18,20H,3,7,13H2,1-2H3. The van der Waals surface area contributed by atoms with Crippen LogP contribution in [-0.2, 0) is 12.8 Å². The van der Waals surface area contributed by atoms with Crippen molar-refractivity contribution in [1.82, 2.24) is 5.32 Å². The number of likely N-dealkylation sites (N-methyl/N-ethyl adjacent to an activating group) is 1. The minimum atomic E-state index is -0.127. The molecule has 2 aromatic carbocycles. The molecule has 0 radical (unpaired) electrons. The number of rotatable bonds is 6. The quantitative estimate of drug-likeness (QED) is 0.827. The number of hydrogen-bond acceptors (Lipinski definition) is 1. The summed E-state index contributed by atoms with van der Waals surface area (Å²) < 4.78 is 13.8. The lowest BCUT2D eigenvalue weighted by atomic mass is 9.96. The molecule has 1 N–H and O–H groups in total. The van der Waals surface area contributed by atoms with Crippen molar-refractivity contribution in [3.8, 4) is 0 Å². The normalized spacial score (nSPS) is 12.3.